The molecule has 0 aliphatic heterocycles. The first-order valence-corrected chi connectivity index (χ1v) is 6.18. The van der Waals surface area contributed by atoms with Gasteiger partial charge < -0.3 is 15.6 Å². The smallest absolute Gasteiger partial charge is 0.258 e. The molecule has 0 bridgehead atoms. The van der Waals surface area contributed by atoms with Crippen molar-refractivity contribution < 1.29 is 14.6 Å². The third-order valence-electron chi connectivity index (χ3n) is 2.38. The fourth-order valence-electron chi connectivity index (χ4n) is 1.45. The lowest BCUT2D eigenvalue weighted by atomic mass is 10.1. The second kappa shape index (κ2) is 6.02. The molecule has 4 nitrogen and oxygen atoms in total. The fourth-order valence-corrected chi connectivity index (χ4v) is 1.83. The largest absolute Gasteiger partial charge is 0.480 e. The summed E-state index contributed by atoms with van der Waals surface area (Å²) in [6.07, 6.45) is -0.855. The van der Waals surface area contributed by atoms with Gasteiger partial charge in [0.1, 0.15) is 5.75 Å². The van der Waals surface area contributed by atoms with Crippen LogP contribution in [0.15, 0.2) is 22.7 Å². The van der Waals surface area contributed by atoms with E-state index in [0.717, 1.165) is 4.47 Å². The average Bonchev–Trinajstić information content (AvgIpc) is 2.26. The SMILES string of the molecule is CCC(Oc1ccc(Br)cc1[C@H](C)O)C(N)=O. The number of halogens is 1. The molecule has 5 heteroatoms. The summed E-state index contributed by atoms with van der Waals surface area (Å²) in [7, 11) is 0. The molecule has 0 radical (unpaired) electrons. The van der Waals surface area contributed by atoms with Crippen LogP contribution in [0.4, 0.5) is 0 Å². The van der Waals surface area contributed by atoms with Gasteiger partial charge in [0.2, 0.25) is 0 Å². The van der Waals surface area contributed by atoms with E-state index in [9.17, 15) is 9.90 Å². The van der Waals surface area contributed by atoms with Crippen LogP contribution in [0.2, 0.25) is 0 Å². The topological polar surface area (TPSA) is 72.6 Å². The van der Waals surface area contributed by atoms with Gasteiger partial charge in [0.15, 0.2) is 6.10 Å². The zero-order chi connectivity index (χ0) is 13.0. The summed E-state index contributed by atoms with van der Waals surface area (Å²) in [4.78, 5) is 11.1. The molecule has 1 amide bonds. The molecule has 2 atom stereocenters. The summed E-state index contributed by atoms with van der Waals surface area (Å²) in [5.74, 6) is -0.0270. The summed E-state index contributed by atoms with van der Waals surface area (Å²) < 4.78 is 6.36. The van der Waals surface area contributed by atoms with Crippen molar-refractivity contribution in [1.82, 2.24) is 0 Å². The molecule has 1 unspecified atom stereocenters. The van der Waals surface area contributed by atoms with Crippen molar-refractivity contribution in [3.8, 4) is 5.75 Å². The normalized spacial score (nSPS) is 14.1. The summed E-state index contributed by atoms with van der Waals surface area (Å²) in [5.41, 5.74) is 5.84. The standard InChI is InChI=1S/C12H16BrNO3/c1-3-10(12(14)16)17-11-5-4-8(13)6-9(11)7(2)15/h4-7,10,15H,3H2,1-2H3,(H2,14,16)/t7-,10?/m0/s1. The van der Waals surface area contributed by atoms with Gasteiger partial charge in [-0.3, -0.25) is 4.79 Å². The maximum atomic E-state index is 11.1. The number of ether oxygens (including phenoxy) is 1. The minimum atomic E-state index is -0.673. The number of carbonyl (C=O) groups excluding carboxylic acids is 1. The van der Waals surface area contributed by atoms with Crippen molar-refractivity contribution in [2.45, 2.75) is 32.5 Å². The highest BCUT2D eigenvalue weighted by molar-refractivity contribution is 9.10. The molecule has 3 N–H and O–H groups in total. The second-order valence-electron chi connectivity index (χ2n) is 3.78. The summed E-state index contributed by atoms with van der Waals surface area (Å²) in [5, 5.41) is 9.64. The first-order chi connectivity index (χ1) is 7.95. The second-order valence-corrected chi connectivity index (χ2v) is 4.69. The van der Waals surface area contributed by atoms with Crippen LogP contribution in [0.1, 0.15) is 31.9 Å². The molecule has 0 saturated carbocycles. The minimum Gasteiger partial charge on any atom is -0.480 e. The Bertz CT molecular complexity index is 407. The zero-order valence-electron chi connectivity index (χ0n) is 9.81. The first-order valence-electron chi connectivity index (χ1n) is 5.39. The van der Waals surface area contributed by atoms with Gasteiger partial charge in [0, 0.05) is 10.0 Å². The number of rotatable bonds is 5. The predicted molar refractivity (Wildman–Crippen MR) is 68.7 cm³/mol. The molecule has 0 heterocycles. The van der Waals surface area contributed by atoms with E-state index in [0.29, 0.717) is 17.7 Å². The number of amides is 1. The molecule has 0 aliphatic rings. The Kier molecular flexibility index (Phi) is 4.96. The number of aliphatic hydroxyl groups excluding tert-OH is 1. The Balaban J connectivity index is 3.01. The number of primary amides is 1. The van der Waals surface area contributed by atoms with Gasteiger partial charge in [-0.25, -0.2) is 0 Å². The van der Waals surface area contributed by atoms with Crippen LogP contribution < -0.4 is 10.5 Å². The Morgan fingerprint density at radius 3 is 2.71 bits per heavy atom. The third kappa shape index (κ3) is 3.71. The lowest BCUT2D eigenvalue weighted by Crippen LogP contribution is -2.33. The Hall–Kier alpha value is -1.07. The van der Waals surface area contributed by atoms with Gasteiger partial charge in [-0.05, 0) is 31.5 Å². The highest BCUT2D eigenvalue weighted by Crippen LogP contribution is 2.29. The molecule has 0 spiro atoms. The van der Waals surface area contributed by atoms with E-state index < -0.39 is 18.1 Å². The van der Waals surface area contributed by atoms with Gasteiger partial charge in [0.25, 0.3) is 5.91 Å². The highest BCUT2D eigenvalue weighted by Gasteiger charge is 2.18. The minimum absolute atomic E-state index is 0.480. The number of nitrogens with two attached hydrogens (primary N) is 1. The molecule has 0 fully saturated rings. The van der Waals surface area contributed by atoms with Gasteiger partial charge in [0.05, 0.1) is 6.10 Å². The maximum Gasteiger partial charge on any atom is 0.258 e. The van der Waals surface area contributed by atoms with E-state index in [1.54, 1.807) is 25.1 Å². The van der Waals surface area contributed by atoms with Crippen LogP contribution in [0.25, 0.3) is 0 Å². The van der Waals surface area contributed by atoms with Gasteiger partial charge in [-0.15, -0.1) is 0 Å². The van der Waals surface area contributed by atoms with Gasteiger partial charge >= 0.3 is 0 Å². The van der Waals surface area contributed by atoms with Crippen LogP contribution in [0.5, 0.6) is 5.75 Å². The lowest BCUT2D eigenvalue weighted by molar-refractivity contribution is -0.124. The van der Waals surface area contributed by atoms with E-state index in [2.05, 4.69) is 15.9 Å². The van der Waals surface area contributed by atoms with E-state index in [1.807, 2.05) is 6.92 Å². The Morgan fingerprint density at radius 1 is 1.59 bits per heavy atom. The number of hydrogen-bond donors (Lipinski definition) is 2. The van der Waals surface area contributed by atoms with E-state index in [1.165, 1.54) is 0 Å². The summed E-state index contributed by atoms with van der Waals surface area (Å²) in [6, 6.07) is 5.25. The first kappa shape index (κ1) is 14.0. The number of aliphatic hydroxyl groups is 1. The van der Waals surface area contributed by atoms with Crippen molar-refractivity contribution in [1.29, 1.82) is 0 Å². The molecule has 94 valence electrons. The molecule has 0 aromatic heterocycles. The Morgan fingerprint density at radius 2 is 2.24 bits per heavy atom. The molecule has 1 aromatic carbocycles. The van der Waals surface area contributed by atoms with Crippen molar-refractivity contribution in [2.75, 3.05) is 0 Å². The quantitative estimate of drug-likeness (QED) is 0.875. The van der Waals surface area contributed by atoms with Crippen molar-refractivity contribution in [3.63, 3.8) is 0 Å². The van der Waals surface area contributed by atoms with E-state index in [-0.39, 0.29) is 0 Å². The maximum absolute atomic E-state index is 11.1. The van der Waals surface area contributed by atoms with E-state index in [4.69, 9.17) is 10.5 Å². The zero-order valence-corrected chi connectivity index (χ0v) is 11.4. The number of hydrogen-bond acceptors (Lipinski definition) is 3. The number of carbonyl (C=O) groups is 1. The number of benzene rings is 1. The molecule has 1 rings (SSSR count). The predicted octanol–water partition coefficient (Wildman–Crippen LogP) is 2.15. The van der Waals surface area contributed by atoms with Crippen molar-refractivity contribution in [3.05, 3.63) is 28.2 Å². The van der Waals surface area contributed by atoms with Crippen LogP contribution in [-0.2, 0) is 4.79 Å². The fraction of sp³-hybridized carbons (Fsp3) is 0.417. The summed E-state index contributed by atoms with van der Waals surface area (Å²) in [6.45, 7) is 3.45. The molecular weight excluding hydrogens is 286 g/mol. The van der Waals surface area contributed by atoms with Crippen LogP contribution >= 0.6 is 15.9 Å². The average molecular weight is 302 g/mol. The monoisotopic (exact) mass is 301 g/mol. The van der Waals surface area contributed by atoms with Gasteiger partial charge in [-0.1, -0.05) is 22.9 Å². The molecule has 0 saturated heterocycles. The lowest BCUT2D eigenvalue weighted by Gasteiger charge is -2.18. The van der Waals surface area contributed by atoms with E-state index >= 15 is 0 Å². The molecule has 1 aromatic rings. The van der Waals surface area contributed by atoms with Crippen LogP contribution in [0, 0.1) is 0 Å². The van der Waals surface area contributed by atoms with Crippen LogP contribution in [-0.4, -0.2) is 17.1 Å². The molecule has 0 aliphatic carbocycles. The summed E-state index contributed by atoms with van der Waals surface area (Å²) >= 11 is 3.32. The molecular formula is C12H16BrNO3. The van der Waals surface area contributed by atoms with Gasteiger partial charge in [-0.2, -0.15) is 0 Å². The van der Waals surface area contributed by atoms with Crippen molar-refractivity contribution >= 4 is 21.8 Å². The molecule has 17 heavy (non-hydrogen) atoms. The van der Waals surface area contributed by atoms with Crippen molar-refractivity contribution in [2.24, 2.45) is 5.73 Å². The Labute approximate surface area is 109 Å². The van der Waals surface area contributed by atoms with Crippen LogP contribution in [0.3, 0.4) is 0 Å². The highest BCUT2D eigenvalue weighted by atomic mass is 79.9. The third-order valence-corrected chi connectivity index (χ3v) is 2.87.